The van der Waals surface area contributed by atoms with Crippen molar-refractivity contribution in [3.8, 4) is 11.8 Å². The number of benzene rings is 2. The van der Waals surface area contributed by atoms with Gasteiger partial charge in [-0.25, -0.2) is 4.98 Å². The second kappa shape index (κ2) is 6.65. The largest absolute Gasteiger partial charge is 0.494 e. The Balaban J connectivity index is 1.42. The number of amides is 1. The van der Waals surface area contributed by atoms with Crippen LogP contribution in [0.5, 0.6) is 5.75 Å². The lowest BCUT2D eigenvalue weighted by Gasteiger charge is -2.37. The number of carbonyl (C=O) groups excluding carboxylic acids is 1. The lowest BCUT2D eigenvalue weighted by Crippen LogP contribution is -2.52. The van der Waals surface area contributed by atoms with Gasteiger partial charge in [-0.15, -0.1) is 0 Å². The molecule has 1 saturated heterocycles. The average Bonchev–Trinajstić information content (AvgIpc) is 3.04. The van der Waals surface area contributed by atoms with Crippen LogP contribution < -0.4 is 15.0 Å². The molecule has 1 fully saturated rings. The molecule has 0 atom stereocenters. The van der Waals surface area contributed by atoms with E-state index in [1.807, 2.05) is 18.2 Å². The monoisotopic (exact) mass is 364 g/mol. The van der Waals surface area contributed by atoms with Gasteiger partial charge in [-0.05, 0) is 30.3 Å². The SMILES string of the molecule is COc1cccc2sc(N3CC(C(=O)Nc4cccc(C#N)c4)C3)nc12. The number of ether oxygens (including phenoxy) is 1. The van der Waals surface area contributed by atoms with Gasteiger partial charge in [0.2, 0.25) is 5.91 Å². The van der Waals surface area contributed by atoms with Gasteiger partial charge in [0.1, 0.15) is 11.3 Å². The van der Waals surface area contributed by atoms with E-state index in [1.54, 1.807) is 42.7 Å². The molecule has 7 heteroatoms. The molecule has 1 aliphatic rings. The molecule has 0 radical (unpaired) electrons. The lowest BCUT2D eigenvalue weighted by molar-refractivity contribution is -0.120. The fraction of sp³-hybridized carbons (Fsp3) is 0.211. The number of thiazole rings is 1. The van der Waals surface area contributed by atoms with Gasteiger partial charge >= 0.3 is 0 Å². The molecule has 0 spiro atoms. The molecule has 0 aliphatic carbocycles. The number of para-hydroxylation sites is 1. The number of anilines is 2. The Hall–Kier alpha value is -3.11. The van der Waals surface area contributed by atoms with Gasteiger partial charge in [-0.1, -0.05) is 23.5 Å². The quantitative estimate of drug-likeness (QED) is 0.769. The molecule has 2 heterocycles. The molecule has 130 valence electrons. The Kier molecular flexibility index (Phi) is 4.19. The predicted molar refractivity (Wildman–Crippen MR) is 102 cm³/mol. The van der Waals surface area contributed by atoms with Crippen molar-refractivity contribution in [1.82, 2.24) is 4.98 Å². The maximum atomic E-state index is 12.4. The van der Waals surface area contributed by atoms with Crippen molar-refractivity contribution in [3.63, 3.8) is 0 Å². The zero-order valence-corrected chi connectivity index (χ0v) is 14.9. The summed E-state index contributed by atoms with van der Waals surface area (Å²) in [7, 11) is 1.64. The van der Waals surface area contributed by atoms with Crippen molar-refractivity contribution in [2.24, 2.45) is 5.92 Å². The average molecular weight is 364 g/mol. The fourth-order valence-electron chi connectivity index (χ4n) is 2.92. The van der Waals surface area contributed by atoms with Gasteiger partial charge in [-0.2, -0.15) is 5.26 Å². The minimum Gasteiger partial charge on any atom is -0.494 e. The van der Waals surface area contributed by atoms with E-state index < -0.39 is 0 Å². The number of nitrogens with zero attached hydrogens (tertiary/aromatic N) is 3. The first kappa shape index (κ1) is 16.4. The van der Waals surface area contributed by atoms with Crippen molar-refractivity contribution in [2.45, 2.75) is 0 Å². The third-order valence-corrected chi connectivity index (χ3v) is 5.45. The van der Waals surface area contributed by atoms with Crippen LogP contribution in [0.15, 0.2) is 42.5 Å². The van der Waals surface area contributed by atoms with Gasteiger partial charge in [0.25, 0.3) is 0 Å². The van der Waals surface area contributed by atoms with Crippen molar-refractivity contribution in [2.75, 3.05) is 30.4 Å². The standard InChI is InChI=1S/C19H16N4O2S/c1-25-15-6-3-7-16-17(15)22-19(26-16)23-10-13(11-23)18(24)21-14-5-2-4-12(8-14)9-20/h2-8,13H,10-11H2,1H3,(H,21,24). The van der Waals surface area contributed by atoms with Crippen LogP contribution in [0.1, 0.15) is 5.56 Å². The van der Waals surface area contributed by atoms with E-state index in [4.69, 9.17) is 10.00 Å². The molecule has 1 N–H and O–H groups in total. The van der Waals surface area contributed by atoms with Crippen molar-refractivity contribution in [3.05, 3.63) is 48.0 Å². The molecule has 4 rings (SSSR count). The fourth-order valence-corrected chi connectivity index (χ4v) is 3.92. The molecular formula is C19H16N4O2S. The van der Waals surface area contributed by atoms with E-state index in [9.17, 15) is 4.79 Å². The molecule has 3 aromatic rings. The maximum Gasteiger partial charge on any atom is 0.231 e. The molecular weight excluding hydrogens is 348 g/mol. The second-order valence-corrected chi connectivity index (χ2v) is 7.10. The van der Waals surface area contributed by atoms with E-state index >= 15 is 0 Å². The van der Waals surface area contributed by atoms with E-state index in [1.165, 1.54) is 0 Å². The zero-order valence-electron chi connectivity index (χ0n) is 14.1. The summed E-state index contributed by atoms with van der Waals surface area (Å²) in [5.74, 6) is 0.641. The number of fused-ring (bicyclic) bond motifs is 1. The van der Waals surface area contributed by atoms with Crippen LogP contribution in [0, 0.1) is 17.2 Å². The Labute approximate surface area is 154 Å². The second-order valence-electron chi connectivity index (χ2n) is 6.09. The molecule has 1 aliphatic heterocycles. The van der Waals surface area contributed by atoms with Gasteiger partial charge in [0, 0.05) is 18.8 Å². The lowest BCUT2D eigenvalue weighted by atomic mass is 10.00. The summed E-state index contributed by atoms with van der Waals surface area (Å²) < 4.78 is 6.43. The van der Waals surface area contributed by atoms with Crippen LogP contribution in [0.2, 0.25) is 0 Å². The molecule has 0 bridgehead atoms. The molecule has 0 unspecified atom stereocenters. The molecule has 1 aromatic heterocycles. The van der Waals surface area contributed by atoms with E-state index in [0.29, 0.717) is 24.3 Å². The third kappa shape index (κ3) is 2.95. The molecule has 0 saturated carbocycles. The van der Waals surface area contributed by atoms with Gasteiger partial charge in [-0.3, -0.25) is 4.79 Å². The zero-order chi connectivity index (χ0) is 18.1. The van der Waals surface area contributed by atoms with Gasteiger partial charge in [0.15, 0.2) is 5.13 Å². The normalized spacial score (nSPS) is 13.9. The number of nitriles is 1. The van der Waals surface area contributed by atoms with Crippen LogP contribution in [0.3, 0.4) is 0 Å². The summed E-state index contributed by atoms with van der Waals surface area (Å²) in [6, 6.07) is 14.9. The van der Waals surface area contributed by atoms with Gasteiger partial charge in [0.05, 0.1) is 29.4 Å². The smallest absolute Gasteiger partial charge is 0.231 e. The Morgan fingerprint density at radius 1 is 1.35 bits per heavy atom. The summed E-state index contributed by atoms with van der Waals surface area (Å²) in [5.41, 5.74) is 2.04. The van der Waals surface area contributed by atoms with Crippen LogP contribution in [0.4, 0.5) is 10.8 Å². The summed E-state index contributed by atoms with van der Waals surface area (Å²) in [4.78, 5) is 19.1. The minimum absolute atomic E-state index is 0.0324. The van der Waals surface area contributed by atoms with Crippen LogP contribution >= 0.6 is 11.3 Å². The number of nitrogens with one attached hydrogen (secondary N) is 1. The summed E-state index contributed by atoms with van der Waals surface area (Å²) in [6.45, 7) is 1.26. The molecule has 2 aromatic carbocycles. The number of methoxy groups -OCH3 is 1. The minimum atomic E-state index is -0.0883. The number of rotatable bonds is 4. The highest BCUT2D eigenvalue weighted by Gasteiger charge is 2.34. The van der Waals surface area contributed by atoms with Crippen LogP contribution in [-0.2, 0) is 4.79 Å². The maximum absolute atomic E-state index is 12.4. The van der Waals surface area contributed by atoms with E-state index in [-0.39, 0.29) is 11.8 Å². The number of hydrogen-bond acceptors (Lipinski definition) is 6. The summed E-state index contributed by atoms with van der Waals surface area (Å²) >= 11 is 1.60. The van der Waals surface area contributed by atoms with Crippen LogP contribution in [0.25, 0.3) is 10.2 Å². The van der Waals surface area contributed by atoms with E-state index in [0.717, 1.165) is 21.1 Å². The van der Waals surface area contributed by atoms with Crippen molar-refractivity contribution < 1.29 is 9.53 Å². The highest BCUT2D eigenvalue weighted by atomic mass is 32.1. The first-order valence-corrected chi connectivity index (χ1v) is 8.99. The Morgan fingerprint density at radius 3 is 2.92 bits per heavy atom. The number of carbonyl (C=O) groups is 1. The third-order valence-electron chi connectivity index (χ3n) is 4.37. The number of aromatic nitrogens is 1. The molecule has 6 nitrogen and oxygen atoms in total. The Morgan fingerprint density at radius 2 is 2.15 bits per heavy atom. The van der Waals surface area contributed by atoms with Crippen molar-refractivity contribution >= 4 is 38.3 Å². The summed E-state index contributed by atoms with van der Waals surface area (Å²) in [6.07, 6.45) is 0. The first-order valence-electron chi connectivity index (χ1n) is 8.17. The van der Waals surface area contributed by atoms with Crippen LogP contribution in [-0.4, -0.2) is 31.1 Å². The van der Waals surface area contributed by atoms with Gasteiger partial charge < -0.3 is 15.0 Å². The topological polar surface area (TPSA) is 78.2 Å². The van der Waals surface area contributed by atoms with Crippen molar-refractivity contribution in [1.29, 1.82) is 5.26 Å². The highest BCUT2D eigenvalue weighted by Crippen LogP contribution is 2.36. The Bertz CT molecular complexity index is 1020. The predicted octanol–water partition coefficient (Wildman–Crippen LogP) is 3.25. The number of hydrogen-bond donors (Lipinski definition) is 1. The molecule has 26 heavy (non-hydrogen) atoms. The van der Waals surface area contributed by atoms with E-state index in [2.05, 4.69) is 21.3 Å². The summed E-state index contributed by atoms with van der Waals surface area (Å²) in [5, 5.41) is 12.7. The molecule has 1 amide bonds. The highest BCUT2D eigenvalue weighted by molar-refractivity contribution is 7.22. The first-order chi connectivity index (χ1) is 12.7.